The minimum atomic E-state index is -0.791. The molecular weight excluding hydrogens is 489 g/mol. The van der Waals surface area contributed by atoms with E-state index in [2.05, 4.69) is 25.2 Å². The first-order valence-corrected chi connectivity index (χ1v) is 12.2. The molecule has 5 N–H and O–H groups in total. The maximum absolute atomic E-state index is 15.6. The van der Waals surface area contributed by atoms with Gasteiger partial charge in [-0.1, -0.05) is 0 Å². The predicted molar refractivity (Wildman–Crippen MR) is 145 cm³/mol. The molecule has 38 heavy (non-hydrogen) atoms. The molecule has 1 aliphatic rings. The maximum Gasteiger partial charge on any atom is 0.259 e. The lowest BCUT2D eigenvalue weighted by molar-refractivity contribution is 0.0824. The van der Waals surface area contributed by atoms with Crippen LogP contribution in [0.3, 0.4) is 0 Å². The number of pyridine rings is 3. The Labute approximate surface area is 217 Å². The van der Waals surface area contributed by atoms with E-state index in [0.717, 1.165) is 18.8 Å². The number of fused-ring (bicyclic) bond motifs is 1. The van der Waals surface area contributed by atoms with Crippen molar-refractivity contribution in [1.82, 2.24) is 19.9 Å². The first-order valence-electron chi connectivity index (χ1n) is 12.2. The number of nitrogens with one attached hydrogen (secondary N) is 2. The normalized spacial score (nSPS) is 14.1. The number of nitrogens with two attached hydrogens (primary N) is 1. The van der Waals surface area contributed by atoms with E-state index in [0.29, 0.717) is 29.9 Å². The SMILES string of the molecule is CN(C)C(=O)c1c(N)ccc(-c2cc(Nc3ccc(N4CCC(O)CC4)cn3)c3c(=O)[nH]ccc3n2)c1F. The smallest absolute Gasteiger partial charge is 0.259 e. The predicted octanol–water partition coefficient (Wildman–Crippen LogP) is 3.11. The summed E-state index contributed by atoms with van der Waals surface area (Å²) in [5.41, 5.74) is 7.30. The highest BCUT2D eigenvalue weighted by atomic mass is 19.1. The second kappa shape index (κ2) is 10.1. The lowest BCUT2D eigenvalue weighted by Gasteiger charge is -2.31. The number of aliphatic hydroxyl groups excluding tert-OH is 1. The largest absolute Gasteiger partial charge is 0.398 e. The second-order valence-corrected chi connectivity index (χ2v) is 9.46. The number of amides is 1. The molecule has 0 bridgehead atoms. The number of benzene rings is 1. The molecule has 0 spiro atoms. The van der Waals surface area contributed by atoms with Crippen LogP contribution in [0.15, 0.2) is 53.6 Å². The number of anilines is 4. The van der Waals surface area contributed by atoms with Gasteiger partial charge in [0, 0.05) is 44.6 Å². The standard InChI is InChI=1S/C27H28FN7O3/c1-34(2)27(38)23-18(29)5-4-17(25(23)28)20-13-21(24-19(32-20)7-10-30-26(24)37)33-22-6-3-15(14-31-22)35-11-8-16(36)9-12-35/h3-7,10,13-14,16,36H,8-9,11-12,29H2,1-2H3,(H,30,37)(H,31,32,33). The summed E-state index contributed by atoms with van der Waals surface area (Å²) in [6, 6.07) is 9.81. The van der Waals surface area contributed by atoms with Crippen molar-refractivity contribution in [3.05, 3.63) is 70.5 Å². The lowest BCUT2D eigenvalue weighted by atomic mass is 10.0. The summed E-state index contributed by atoms with van der Waals surface area (Å²) in [5.74, 6) is -0.876. The average Bonchev–Trinajstić information content (AvgIpc) is 2.89. The van der Waals surface area contributed by atoms with E-state index in [9.17, 15) is 14.7 Å². The van der Waals surface area contributed by atoms with Crippen LogP contribution in [0, 0.1) is 5.82 Å². The number of rotatable bonds is 5. The Bertz CT molecular complexity index is 1560. The van der Waals surface area contributed by atoms with E-state index in [1.54, 1.807) is 24.4 Å². The first-order chi connectivity index (χ1) is 18.2. The number of carbonyl (C=O) groups excluding carboxylic acids is 1. The molecule has 1 aliphatic heterocycles. The number of nitrogens with zero attached hydrogens (tertiary/aromatic N) is 4. The number of aromatic nitrogens is 3. The van der Waals surface area contributed by atoms with Gasteiger partial charge >= 0.3 is 0 Å². The number of aromatic amines is 1. The minimum Gasteiger partial charge on any atom is -0.398 e. The van der Waals surface area contributed by atoms with Crippen LogP contribution in [0.1, 0.15) is 23.2 Å². The summed E-state index contributed by atoms with van der Waals surface area (Å²) in [6.07, 6.45) is 4.34. The molecule has 1 fully saturated rings. The number of aliphatic hydroxyl groups is 1. The Morgan fingerprint density at radius 1 is 1.21 bits per heavy atom. The Morgan fingerprint density at radius 3 is 2.66 bits per heavy atom. The van der Waals surface area contributed by atoms with E-state index < -0.39 is 11.7 Å². The van der Waals surface area contributed by atoms with Gasteiger partial charge in [0.2, 0.25) is 0 Å². The molecule has 4 heterocycles. The molecular formula is C27H28FN7O3. The molecule has 0 unspecified atom stereocenters. The number of hydrogen-bond donors (Lipinski definition) is 4. The van der Waals surface area contributed by atoms with Crippen molar-refractivity contribution in [1.29, 1.82) is 0 Å². The second-order valence-electron chi connectivity index (χ2n) is 9.46. The number of carbonyl (C=O) groups is 1. The molecule has 10 nitrogen and oxygen atoms in total. The molecule has 3 aromatic heterocycles. The van der Waals surface area contributed by atoms with Crippen LogP contribution in [0.5, 0.6) is 0 Å². The molecule has 196 valence electrons. The number of halogens is 1. The first kappa shape index (κ1) is 25.2. The van der Waals surface area contributed by atoms with Crippen LogP contribution >= 0.6 is 0 Å². The summed E-state index contributed by atoms with van der Waals surface area (Å²) in [6.45, 7) is 1.49. The fourth-order valence-electron chi connectivity index (χ4n) is 4.57. The van der Waals surface area contributed by atoms with Crippen LogP contribution in [-0.4, -0.2) is 64.2 Å². The summed E-state index contributed by atoms with van der Waals surface area (Å²) in [7, 11) is 3.03. The molecule has 5 rings (SSSR count). The van der Waals surface area contributed by atoms with E-state index in [1.165, 1.54) is 37.3 Å². The van der Waals surface area contributed by atoms with Gasteiger partial charge in [-0.3, -0.25) is 9.59 Å². The van der Waals surface area contributed by atoms with Gasteiger partial charge in [0.1, 0.15) is 11.6 Å². The van der Waals surface area contributed by atoms with E-state index in [1.807, 2.05) is 6.07 Å². The van der Waals surface area contributed by atoms with Gasteiger partial charge < -0.3 is 30.9 Å². The molecule has 1 aromatic carbocycles. The monoisotopic (exact) mass is 517 g/mol. The highest BCUT2D eigenvalue weighted by Gasteiger charge is 2.23. The highest BCUT2D eigenvalue weighted by Crippen LogP contribution is 2.33. The fourth-order valence-corrected chi connectivity index (χ4v) is 4.57. The third-order valence-corrected chi connectivity index (χ3v) is 6.64. The zero-order valence-electron chi connectivity index (χ0n) is 21.0. The van der Waals surface area contributed by atoms with E-state index in [4.69, 9.17) is 5.73 Å². The van der Waals surface area contributed by atoms with Crippen molar-refractivity contribution in [3.63, 3.8) is 0 Å². The maximum atomic E-state index is 15.6. The van der Waals surface area contributed by atoms with E-state index in [-0.39, 0.29) is 39.6 Å². The summed E-state index contributed by atoms with van der Waals surface area (Å²) in [4.78, 5) is 40.4. The Hall–Kier alpha value is -4.51. The van der Waals surface area contributed by atoms with Crippen LogP contribution in [0.25, 0.3) is 22.2 Å². The quantitative estimate of drug-likeness (QED) is 0.296. The minimum absolute atomic E-state index is 0.0213. The van der Waals surface area contributed by atoms with Crippen LogP contribution in [0.4, 0.5) is 27.3 Å². The Balaban J connectivity index is 1.55. The summed E-state index contributed by atoms with van der Waals surface area (Å²) in [5, 5.41) is 13.2. The van der Waals surface area contributed by atoms with Crippen LogP contribution < -0.4 is 21.5 Å². The third kappa shape index (κ3) is 4.75. The average molecular weight is 518 g/mol. The Kier molecular flexibility index (Phi) is 6.68. The van der Waals surface area contributed by atoms with Gasteiger partial charge in [-0.15, -0.1) is 0 Å². The molecule has 1 saturated heterocycles. The van der Waals surface area contributed by atoms with Crippen molar-refractivity contribution < 1.29 is 14.3 Å². The molecule has 0 aliphatic carbocycles. The van der Waals surface area contributed by atoms with Gasteiger partial charge in [-0.05, 0) is 49.2 Å². The van der Waals surface area contributed by atoms with Gasteiger partial charge in [-0.2, -0.15) is 0 Å². The number of nitrogen functional groups attached to an aromatic ring is 1. The summed E-state index contributed by atoms with van der Waals surface area (Å²) < 4.78 is 15.6. The fraction of sp³-hybridized carbons (Fsp3) is 0.259. The molecule has 11 heteroatoms. The van der Waals surface area contributed by atoms with Crippen molar-refractivity contribution in [2.24, 2.45) is 0 Å². The third-order valence-electron chi connectivity index (χ3n) is 6.64. The zero-order valence-corrected chi connectivity index (χ0v) is 21.0. The van der Waals surface area contributed by atoms with Crippen LogP contribution in [0.2, 0.25) is 0 Å². The number of H-pyrrole nitrogens is 1. The molecule has 0 atom stereocenters. The van der Waals surface area contributed by atoms with Gasteiger partial charge in [-0.25, -0.2) is 14.4 Å². The highest BCUT2D eigenvalue weighted by molar-refractivity contribution is 6.01. The van der Waals surface area contributed by atoms with Crippen molar-refractivity contribution in [2.75, 3.05) is 43.1 Å². The lowest BCUT2D eigenvalue weighted by Crippen LogP contribution is -2.35. The van der Waals surface area contributed by atoms with E-state index >= 15 is 4.39 Å². The zero-order chi connectivity index (χ0) is 27.0. The van der Waals surface area contributed by atoms with Gasteiger partial charge in [0.05, 0.1) is 45.8 Å². The van der Waals surface area contributed by atoms with Gasteiger partial charge in [0.25, 0.3) is 11.5 Å². The number of hydrogen-bond acceptors (Lipinski definition) is 8. The molecule has 4 aromatic rings. The van der Waals surface area contributed by atoms with Gasteiger partial charge in [0.15, 0.2) is 0 Å². The number of piperidine rings is 1. The summed E-state index contributed by atoms with van der Waals surface area (Å²) >= 11 is 0. The van der Waals surface area contributed by atoms with Crippen molar-refractivity contribution in [3.8, 4) is 11.3 Å². The van der Waals surface area contributed by atoms with Crippen LogP contribution in [-0.2, 0) is 0 Å². The van der Waals surface area contributed by atoms with Crippen molar-refractivity contribution in [2.45, 2.75) is 18.9 Å². The molecule has 0 radical (unpaired) electrons. The Morgan fingerprint density at radius 2 is 1.97 bits per heavy atom. The van der Waals surface area contributed by atoms with Crippen molar-refractivity contribution >= 4 is 39.7 Å². The topological polar surface area (TPSA) is 140 Å². The molecule has 1 amide bonds. The molecule has 0 saturated carbocycles.